The maximum absolute atomic E-state index is 12.2. The standard InChI is InChI=1S/C13H19F3N2/c1-2-3-4-5-6-7-8-11-9-18-12(10-17-11)13(14,15)16/h9-10H,2-8H2,1H3. The molecular weight excluding hydrogens is 241 g/mol. The Bertz CT molecular complexity index is 333. The summed E-state index contributed by atoms with van der Waals surface area (Å²) in [5.74, 6) is 0. The molecule has 0 atom stereocenters. The van der Waals surface area contributed by atoms with Gasteiger partial charge in [-0.2, -0.15) is 13.2 Å². The zero-order valence-electron chi connectivity index (χ0n) is 10.6. The van der Waals surface area contributed by atoms with Gasteiger partial charge in [-0.25, -0.2) is 4.98 Å². The van der Waals surface area contributed by atoms with Crippen LogP contribution in [0.15, 0.2) is 12.4 Å². The first kappa shape index (κ1) is 14.9. The van der Waals surface area contributed by atoms with Crippen LogP contribution in [-0.4, -0.2) is 9.97 Å². The van der Waals surface area contributed by atoms with Gasteiger partial charge in [0.25, 0.3) is 0 Å². The van der Waals surface area contributed by atoms with Crippen molar-refractivity contribution < 1.29 is 13.2 Å². The van der Waals surface area contributed by atoms with Gasteiger partial charge in [0.1, 0.15) is 0 Å². The third kappa shape index (κ3) is 5.47. The molecule has 0 spiro atoms. The molecule has 0 N–H and O–H groups in total. The molecule has 0 aromatic carbocycles. The molecule has 1 rings (SSSR count). The van der Waals surface area contributed by atoms with Crippen LogP contribution >= 0.6 is 0 Å². The summed E-state index contributed by atoms with van der Waals surface area (Å²) in [5, 5.41) is 0. The number of aryl methyl sites for hydroxylation is 1. The van der Waals surface area contributed by atoms with Crippen molar-refractivity contribution >= 4 is 0 Å². The van der Waals surface area contributed by atoms with E-state index in [2.05, 4.69) is 16.9 Å². The molecule has 18 heavy (non-hydrogen) atoms. The first-order valence-electron chi connectivity index (χ1n) is 6.42. The number of hydrogen-bond acceptors (Lipinski definition) is 2. The van der Waals surface area contributed by atoms with Crippen molar-refractivity contribution in [2.24, 2.45) is 0 Å². The number of alkyl halides is 3. The first-order valence-corrected chi connectivity index (χ1v) is 6.42. The van der Waals surface area contributed by atoms with E-state index in [4.69, 9.17) is 0 Å². The summed E-state index contributed by atoms with van der Waals surface area (Å²) in [6.07, 6.45) is 5.29. The Hall–Kier alpha value is -1.13. The highest BCUT2D eigenvalue weighted by molar-refractivity contribution is 5.05. The minimum absolute atomic E-state index is 0.637. The summed E-state index contributed by atoms with van der Waals surface area (Å²) in [4.78, 5) is 7.19. The Morgan fingerprint density at radius 3 is 2.17 bits per heavy atom. The molecule has 0 aliphatic heterocycles. The van der Waals surface area contributed by atoms with Gasteiger partial charge in [0.05, 0.1) is 11.9 Å². The van der Waals surface area contributed by atoms with E-state index in [1.165, 1.54) is 31.9 Å². The third-order valence-corrected chi connectivity index (χ3v) is 2.78. The molecule has 0 fully saturated rings. The van der Waals surface area contributed by atoms with Crippen molar-refractivity contribution in [1.29, 1.82) is 0 Å². The zero-order valence-corrected chi connectivity index (χ0v) is 10.6. The molecule has 1 heterocycles. The van der Waals surface area contributed by atoms with Crippen LogP contribution in [0.2, 0.25) is 0 Å². The van der Waals surface area contributed by atoms with E-state index in [-0.39, 0.29) is 0 Å². The lowest BCUT2D eigenvalue weighted by Gasteiger charge is -2.05. The molecule has 0 bridgehead atoms. The van der Waals surface area contributed by atoms with Gasteiger partial charge in [-0.05, 0) is 12.8 Å². The fraction of sp³-hybridized carbons (Fsp3) is 0.692. The van der Waals surface area contributed by atoms with E-state index in [1.54, 1.807) is 0 Å². The lowest BCUT2D eigenvalue weighted by Crippen LogP contribution is -2.09. The van der Waals surface area contributed by atoms with Crippen molar-refractivity contribution in [2.45, 2.75) is 58.0 Å². The maximum atomic E-state index is 12.2. The van der Waals surface area contributed by atoms with Gasteiger partial charge in [-0.3, -0.25) is 4.98 Å². The van der Waals surface area contributed by atoms with Crippen LogP contribution in [0.25, 0.3) is 0 Å². The van der Waals surface area contributed by atoms with Crippen LogP contribution < -0.4 is 0 Å². The highest BCUT2D eigenvalue weighted by Crippen LogP contribution is 2.26. The van der Waals surface area contributed by atoms with Crippen LogP contribution in [-0.2, 0) is 12.6 Å². The second-order valence-corrected chi connectivity index (χ2v) is 4.41. The van der Waals surface area contributed by atoms with Gasteiger partial charge in [0.2, 0.25) is 0 Å². The molecule has 0 aliphatic rings. The molecule has 0 unspecified atom stereocenters. The van der Waals surface area contributed by atoms with Crippen molar-refractivity contribution in [2.75, 3.05) is 0 Å². The molecule has 0 aliphatic carbocycles. The second-order valence-electron chi connectivity index (χ2n) is 4.41. The van der Waals surface area contributed by atoms with E-state index >= 15 is 0 Å². The summed E-state index contributed by atoms with van der Waals surface area (Å²) < 4.78 is 36.7. The number of rotatable bonds is 7. The van der Waals surface area contributed by atoms with Gasteiger partial charge < -0.3 is 0 Å². The third-order valence-electron chi connectivity index (χ3n) is 2.78. The fourth-order valence-electron chi connectivity index (χ4n) is 1.72. The lowest BCUT2D eigenvalue weighted by molar-refractivity contribution is -0.141. The van der Waals surface area contributed by atoms with E-state index in [9.17, 15) is 13.2 Å². The van der Waals surface area contributed by atoms with Gasteiger partial charge in [-0.15, -0.1) is 0 Å². The van der Waals surface area contributed by atoms with Crippen LogP contribution in [0.4, 0.5) is 13.2 Å². The smallest absolute Gasteiger partial charge is 0.257 e. The monoisotopic (exact) mass is 260 g/mol. The van der Waals surface area contributed by atoms with Gasteiger partial charge in [0.15, 0.2) is 5.69 Å². The number of nitrogens with zero attached hydrogens (tertiary/aromatic N) is 2. The molecule has 0 amide bonds. The summed E-state index contributed by atoms with van der Waals surface area (Å²) in [6, 6.07) is 0. The van der Waals surface area contributed by atoms with Gasteiger partial charge in [-0.1, -0.05) is 39.0 Å². The predicted molar refractivity (Wildman–Crippen MR) is 64.1 cm³/mol. The summed E-state index contributed by atoms with van der Waals surface area (Å²) in [7, 11) is 0. The van der Waals surface area contributed by atoms with Crippen LogP contribution in [0.5, 0.6) is 0 Å². The highest BCUT2D eigenvalue weighted by atomic mass is 19.4. The SMILES string of the molecule is CCCCCCCCc1cnc(C(F)(F)F)cn1. The molecule has 5 heteroatoms. The van der Waals surface area contributed by atoms with Crippen molar-refractivity contribution in [3.63, 3.8) is 0 Å². The highest BCUT2D eigenvalue weighted by Gasteiger charge is 2.32. The Morgan fingerprint density at radius 1 is 0.944 bits per heavy atom. The topological polar surface area (TPSA) is 25.8 Å². The zero-order chi connectivity index (χ0) is 13.4. The first-order chi connectivity index (χ1) is 8.54. The summed E-state index contributed by atoms with van der Waals surface area (Å²) in [5.41, 5.74) is -0.285. The molecular formula is C13H19F3N2. The quantitative estimate of drug-likeness (QED) is 0.679. The number of aromatic nitrogens is 2. The molecule has 2 nitrogen and oxygen atoms in total. The van der Waals surface area contributed by atoms with Gasteiger partial charge in [0, 0.05) is 6.20 Å². The summed E-state index contributed by atoms with van der Waals surface area (Å²) in [6.45, 7) is 2.16. The van der Waals surface area contributed by atoms with E-state index in [1.807, 2.05) is 0 Å². The molecule has 102 valence electrons. The second kappa shape index (κ2) is 7.34. The van der Waals surface area contributed by atoms with Gasteiger partial charge >= 0.3 is 6.18 Å². The van der Waals surface area contributed by atoms with Crippen LogP contribution in [0.3, 0.4) is 0 Å². The molecule has 1 aromatic rings. The summed E-state index contributed by atoms with van der Waals surface area (Å²) >= 11 is 0. The number of halogens is 3. The minimum Gasteiger partial charge on any atom is -0.257 e. The Labute approximate surface area is 106 Å². The molecule has 0 saturated carbocycles. The fourth-order valence-corrected chi connectivity index (χ4v) is 1.72. The van der Waals surface area contributed by atoms with E-state index in [0.29, 0.717) is 12.1 Å². The van der Waals surface area contributed by atoms with Crippen molar-refractivity contribution in [1.82, 2.24) is 9.97 Å². The normalized spacial score (nSPS) is 11.8. The molecule has 1 aromatic heterocycles. The predicted octanol–water partition coefficient (Wildman–Crippen LogP) is 4.40. The van der Waals surface area contributed by atoms with Crippen molar-refractivity contribution in [3.8, 4) is 0 Å². The number of hydrogen-bond donors (Lipinski definition) is 0. The maximum Gasteiger partial charge on any atom is 0.434 e. The number of unbranched alkanes of at least 4 members (excludes halogenated alkanes) is 5. The Morgan fingerprint density at radius 2 is 1.61 bits per heavy atom. The largest absolute Gasteiger partial charge is 0.434 e. The average molecular weight is 260 g/mol. The molecule has 0 radical (unpaired) electrons. The Balaban J connectivity index is 2.27. The minimum atomic E-state index is -4.40. The van der Waals surface area contributed by atoms with Crippen LogP contribution in [0.1, 0.15) is 56.8 Å². The lowest BCUT2D eigenvalue weighted by atomic mass is 10.1. The van der Waals surface area contributed by atoms with Crippen molar-refractivity contribution in [3.05, 3.63) is 23.8 Å². The van der Waals surface area contributed by atoms with E-state index < -0.39 is 11.9 Å². The van der Waals surface area contributed by atoms with E-state index in [0.717, 1.165) is 19.0 Å². The Kier molecular flexibility index (Phi) is 6.09. The van der Waals surface area contributed by atoms with Crippen LogP contribution in [0, 0.1) is 0 Å². The molecule has 0 saturated heterocycles. The average Bonchev–Trinajstić information content (AvgIpc) is 2.33.